The van der Waals surface area contributed by atoms with Crippen LogP contribution in [0.4, 0.5) is 4.79 Å². The van der Waals surface area contributed by atoms with Crippen LogP contribution in [0.5, 0.6) is 5.75 Å². The Balaban J connectivity index is 1.82. The lowest BCUT2D eigenvalue weighted by molar-refractivity contribution is -0.469. The molecule has 0 spiro atoms. The summed E-state index contributed by atoms with van der Waals surface area (Å²) in [4.78, 5) is 29.4. The minimum Gasteiger partial charge on any atom is -0.493 e. The Bertz CT molecular complexity index is 1180. The number of hydrogen-bond donors (Lipinski definition) is 6. The van der Waals surface area contributed by atoms with Gasteiger partial charge in [-0.1, -0.05) is 62.7 Å². The maximum Gasteiger partial charge on any atom is 0.407 e. The van der Waals surface area contributed by atoms with Crippen molar-refractivity contribution in [3.63, 3.8) is 0 Å². The summed E-state index contributed by atoms with van der Waals surface area (Å²) >= 11 is 0. The van der Waals surface area contributed by atoms with Crippen molar-refractivity contribution in [1.29, 1.82) is 0 Å². The zero-order valence-electron chi connectivity index (χ0n) is 26.1. The summed E-state index contributed by atoms with van der Waals surface area (Å²) in [5.41, 5.74) is 1.15. The van der Waals surface area contributed by atoms with Gasteiger partial charge in [-0.25, -0.2) is 9.79 Å². The third-order valence-corrected chi connectivity index (χ3v) is 7.42. The number of hydrogen-bond acceptors (Lipinski definition) is 6. The van der Waals surface area contributed by atoms with Crippen LogP contribution < -0.4 is 25.7 Å². The molecule has 0 aliphatic carbocycles. The Hall–Kier alpha value is -3.63. The highest BCUT2D eigenvalue weighted by molar-refractivity contribution is 5.87. The second kappa shape index (κ2) is 16.3. The van der Waals surface area contributed by atoms with Gasteiger partial charge in [0.15, 0.2) is 6.04 Å². The molecule has 2 aliphatic heterocycles. The Morgan fingerprint density at radius 1 is 1.16 bits per heavy atom. The molecule has 2 amide bonds. The second-order valence-corrected chi connectivity index (χ2v) is 12.2. The molecule has 4 rings (SSSR count). The van der Waals surface area contributed by atoms with Gasteiger partial charge in [-0.3, -0.25) is 4.79 Å². The molecule has 2 heterocycles. The van der Waals surface area contributed by atoms with Crippen LogP contribution in [0.3, 0.4) is 0 Å². The van der Waals surface area contributed by atoms with Crippen LogP contribution in [0, 0.1) is 5.92 Å². The summed E-state index contributed by atoms with van der Waals surface area (Å²) in [6.07, 6.45) is 0.456. The number of carbonyl (C=O) groups excluding carboxylic acids is 2. The quantitative estimate of drug-likeness (QED) is 0.260. The zero-order chi connectivity index (χ0) is 31.4. The molecule has 2 bridgehead atoms. The molecule has 0 fully saturated rings. The highest BCUT2D eigenvalue weighted by atomic mass is 16.6. The van der Waals surface area contributed by atoms with E-state index in [0.29, 0.717) is 32.4 Å². The highest BCUT2D eigenvalue weighted by Gasteiger charge is 2.32. The number of alkyl carbamates (subject to hydrolysis) is 1. The van der Waals surface area contributed by atoms with Crippen molar-refractivity contribution < 1.29 is 34.3 Å². The molecule has 2 aliphatic rings. The van der Waals surface area contributed by atoms with Gasteiger partial charge in [0.1, 0.15) is 17.9 Å². The molecular formula is C33H49N4O6+. The van der Waals surface area contributed by atoms with Gasteiger partial charge in [0.2, 0.25) is 5.91 Å². The van der Waals surface area contributed by atoms with Crippen molar-refractivity contribution in [2.75, 3.05) is 19.7 Å². The van der Waals surface area contributed by atoms with Crippen LogP contribution >= 0.6 is 0 Å². The molecule has 1 unspecified atom stereocenters. The molecule has 10 heteroatoms. The van der Waals surface area contributed by atoms with Gasteiger partial charge in [0.25, 0.3) is 0 Å². The van der Waals surface area contributed by atoms with Crippen LogP contribution in [0.1, 0.15) is 58.6 Å². The number of ether oxygens (including phenoxy) is 2. The monoisotopic (exact) mass is 597 g/mol. The lowest BCUT2D eigenvalue weighted by Gasteiger charge is -2.29. The summed E-state index contributed by atoms with van der Waals surface area (Å²) in [5, 5.41) is 31.2. The van der Waals surface area contributed by atoms with Crippen molar-refractivity contribution in [3.05, 3.63) is 65.7 Å². The fourth-order valence-electron chi connectivity index (χ4n) is 4.79. The molecular weight excluding hydrogens is 548 g/mol. The molecule has 43 heavy (non-hydrogen) atoms. The van der Waals surface area contributed by atoms with Gasteiger partial charge in [-0.15, -0.1) is 0 Å². The SMILES string of the molecule is CCC(C)[C@@H]1NC(=O)[C@@H](NC[C@@H](O)[C@@H](Cc2ccccc2)NC(=O)OC(C)(C)C)Cc2ccc(cc2)OCCC[NH+]=C1O. The third kappa shape index (κ3) is 11.5. The Morgan fingerprint density at radius 2 is 1.86 bits per heavy atom. The molecule has 0 saturated carbocycles. The van der Waals surface area contributed by atoms with Crippen LogP contribution in [0.25, 0.3) is 0 Å². The molecule has 10 nitrogen and oxygen atoms in total. The van der Waals surface area contributed by atoms with E-state index in [1.54, 1.807) is 20.8 Å². The Morgan fingerprint density at radius 3 is 2.51 bits per heavy atom. The summed E-state index contributed by atoms with van der Waals surface area (Å²) in [6, 6.07) is 15.1. The van der Waals surface area contributed by atoms with Crippen molar-refractivity contribution in [1.82, 2.24) is 16.0 Å². The minimum absolute atomic E-state index is 0.0142. The van der Waals surface area contributed by atoms with Crippen molar-refractivity contribution >= 4 is 17.9 Å². The molecule has 236 valence electrons. The molecule has 0 radical (unpaired) electrons. The van der Waals surface area contributed by atoms with E-state index in [-0.39, 0.29) is 24.3 Å². The summed E-state index contributed by atoms with van der Waals surface area (Å²) in [5.74, 6) is 0.411. The standard InChI is InChI=1S/C33H48N4O6/c1-6-22(2)29-31(40)34-17-10-18-42-25-15-13-24(14-16-25)20-27(30(39)37-29)35-21-28(38)26(19-23-11-8-7-9-12-23)36-32(41)43-33(3,4)5/h7-9,11-16,22,26-29,35,38H,6,10,17-21H2,1-5H3,(H,34,40)(H,36,41)(H,37,39)/p+1/t22?,26-,27+,28-,29+/m1/s1. The fourth-order valence-corrected chi connectivity index (χ4v) is 4.79. The van der Waals surface area contributed by atoms with Gasteiger partial charge in [0.05, 0.1) is 24.8 Å². The van der Waals surface area contributed by atoms with Crippen molar-refractivity contribution in [3.8, 4) is 5.75 Å². The van der Waals surface area contributed by atoms with Gasteiger partial charge in [0, 0.05) is 13.0 Å². The largest absolute Gasteiger partial charge is 0.493 e. The van der Waals surface area contributed by atoms with E-state index in [1.807, 2.05) is 68.4 Å². The Kier molecular flexibility index (Phi) is 12.8. The molecule has 5 atom stereocenters. The number of aliphatic hydroxyl groups excluding tert-OH is 2. The van der Waals surface area contributed by atoms with Crippen LogP contribution in [0.2, 0.25) is 0 Å². The molecule has 2 aromatic carbocycles. The van der Waals surface area contributed by atoms with E-state index >= 15 is 0 Å². The van der Waals surface area contributed by atoms with E-state index in [9.17, 15) is 19.8 Å². The molecule has 2 aromatic rings. The van der Waals surface area contributed by atoms with Crippen molar-refractivity contribution in [2.24, 2.45) is 5.92 Å². The van der Waals surface area contributed by atoms with Gasteiger partial charge in [-0.05, 0) is 62.8 Å². The number of nitrogens with one attached hydrogen (secondary N) is 4. The highest BCUT2D eigenvalue weighted by Crippen LogP contribution is 2.16. The first-order chi connectivity index (χ1) is 20.4. The summed E-state index contributed by atoms with van der Waals surface area (Å²) in [7, 11) is 0. The maximum atomic E-state index is 13.7. The third-order valence-electron chi connectivity index (χ3n) is 7.42. The van der Waals surface area contributed by atoms with Gasteiger partial charge >= 0.3 is 12.0 Å². The number of rotatable bonds is 9. The van der Waals surface area contributed by atoms with E-state index in [4.69, 9.17) is 9.47 Å². The topological polar surface area (TPSA) is 143 Å². The second-order valence-electron chi connectivity index (χ2n) is 12.2. The summed E-state index contributed by atoms with van der Waals surface area (Å²) in [6.45, 7) is 10.3. The lowest BCUT2D eigenvalue weighted by Crippen LogP contribution is -2.77. The van der Waals surface area contributed by atoms with E-state index < -0.39 is 35.9 Å². The lowest BCUT2D eigenvalue weighted by atomic mass is 9.97. The molecule has 0 saturated heterocycles. The van der Waals surface area contributed by atoms with E-state index in [0.717, 1.165) is 23.3 Å². The van der Waals surface area contributed by atoms with E-state index in [1.165, 1.54) is 0 Å². The van der Waals surface area contributed by atoms with Crippen LogP contribution in [0.15, 0.2) is 54.6 Å². The normalized spacial score (nSPS) is 20.3. The number of carbonyl (C=O) groups is 2. The zero-order valence-corrected chi connectivity index (χ0v) is 26.1. The van der Waals surface area contributed by atoms with Crippen LogP contribution in [-0.4, -0.2) is 77.6 Å². The average Bonchev–Trinajstić information content (AvgIpc) is 2.97. The first kappa shape index (κ1) is 33.9. The average molecular weight is 598 g/mol. The number of benzene rings is 2. The molecule has 6 N–H and O–H groups in total. The van der Waals surface area contributed by atoms with Crippen molar-refractivity contribution in [2.45, 2.75) is 90.1 Å². The maximum absolute atomic E-state index is 13.7. The molecule has 0 aromatic heterocycles. The fraction of sp³-hybridized carbons (Fsp3) is 0.545. The first-order valence-electron chi connectivity index (χ1n) is 15.2. The Labute approximate surface area is 255 Å². The minimum atomic E-state index is -1.04. The first-order valence-corrected chi connectivity index (χ1v) is 15.2. The predicted octanol–water partition coefficient (Wildman–Crippen LogP) is 2.03. The number of aliphatic hydroxyl groups is 2. The van der Waals surface area contributed by atoms with Gasteiger partial charge in [-0.2, -0.15) is 0 Å². The van der Waals surface area contributed by atoms with Gasteiger partial charge < -0.3 is 35.6 Å². The van der Waals surface area contributed by atoms with E-state index in [2.05, 4.69) is 20.9 Å². The number of amides is 2. The smallest absolute Gasteiger partial charge is 0.407 e. The number of fused-ring (bicyclic) bond motifs is 11. The predicted molar refractivity (Wildman–Crippen MR) is 166 cm³/mol. The van der Waals surface area contributed by atoms with Crippen LogP contribution in [-0.2, 0) is 22.4 Å². The summed E-state index contributed by atoms with van der Waals surface area (Å²) < 4.78 is 11.3.